The van der Waals surface area contributed by atoms with Crippen molar-refractivity contribution in [3.05, 3.63) is 69.9 Å². The van der Waals surface area contributed by atoms with Gasteiger partial charge in [-0.1, -0.05) is 19.9 Å². The molecule has 12 heteroatoms. The number of ether oxygens (including phenoxy) is 1. The lowest BCUT2D eigenvalue weighted by molar-refractivity contribution is -0.384. The molecule has 39 heavy (non-hydrogen) atoms. The van der Waals surface area contributed by atoms with E-state index in [1.165, 1.54) is 12.1 Å². The Kier molecular flexibility index (Phi) is 12.5. The number of fused-ring (bicyclic) bond motifs is 1. The monoisotopic (exact) mass is 560 g/mol. The first-order valence-electron chi connectivity index (χ1n) is 12.6. The van der Waals surface area contributed by atoms with Gasteiger partial charge in [-0.3, -0.25) is 10.1 Å². The zero-order valence-electron chi connectivity index (χ0n) is 22.6. The fourth-order valence-corrected chi connectivity index (χ4v) is 3.94. The smallest absolute Gasteiger partial charge is 0.466 e. The molecule has 0 bridgehead atoms. The van der Waals surface area contributed by atoms with E-state index in [1.807, 2.05) is 36.4 Å². The molecule has 0 aliphatic heterocycles. The van der Waals surface area contributed by atoms with Gasteiger partial charge in [0.15, 0.2) is 0 Å². The van der Waals surface area contributed by atoms with Gasteiger partial charge in [0.1, 0.15) is 5.75 Å². The van der Waals surface area contributed by atoms with Crippen molar-refractivity contribution in [3.8, 4) is 5.75 Å². The van der Waals surface area contributed by atoms with Crippen LogP contribution in [-0.4, -0.2) is 62.3 Å². The van der Waals surface area contributed by atoms with Crippen LogP contribution in [-0.2, 0) is 4.57 Å². The van der Waals surface area contributed by atoms with Crippen LogP contribution in [0.2, 0.25) is 0 Å². The molecule has 0 saturated heterocycles. The van der Waals surface area contributed by atoms with Crippen molar-refractivity contribution in [3.63, 3.8) is 0 Å². The molecule has 0 spiro atoms. The van der Waals surface area contributed by atoms with E-state index in [-0.39, 0.29) is 5.69 Å². The molecule has 4 N–H and O–H groups in total. The Morgan fingerprint density at radius 3 is 2.31 bits per heavy atom. The standard InChI is InChI=1S/C27H34N4O3.H3O4P/c1-5-30(6-2)17-7-8-20(3)28-27-18-22(29-26-16-15-24(34-4)19-25(26)27)12-9-21-10-13-23(14-11-21)31(32)33;1-5(2,3)4/h9-16,18-20H,5-8,17H2,1-4H3,(H,28,29);(H3,1,2,3,4). The summed E-state index contributed by atoms with van der Waals surface area (Å²) in [6, 6.07) is 14.7. The molecule has 212 valence electrons. The van der Waals surface area contributed by atoms with Crippen molar-refractivity contribution in [1.82, 2.24) is 9.88 Å². The Hall–Kier alpha value is -3.34. The van der Waals surface area contributed by atoms with Gasteiger partial charge in [0.2, 0.25) is 0 Å². The third-order valence-electron chi connectivity index (χ3n) is 5.99. The summed E-state index contributed by atoms with van der Waals surface area (Å²) in [7, 11) is -2.97. The predicted molar refractivity (Wildman–Crippen MR) is 155 cm³/mol. The minimum absolute atomic E-state index is 0.0800. The number of hydrogen-bond donors (Lipinski definition) is 4. The van der Waals surface area contributed by atoms with Gasteiger partial charge in [0, 0.05) is 29.2 Å². The highest BCUT2D eigenvalue weighted by molar-refractivity contribution is 7.45. The van der Waals surface area contributed by atoms with Gasteiger partial charge < -0.3 is 29.6 Å². The lowest BCUT2D eigenvalue weighted by Crippen LogP contribution is -2.25. The summed E-state index contributed by atoms with van der Waals surface area (Å²) < 4.78 is 14.3. The van der Waals surface area contributed by atoms with Crippen molar-refractivity contribution < 1.29 is 28.9 Å². The molecule has 1 unspecified atom stereocenters. The largest absolute Gasteiger partial charge is 0.497 e. The van der Waals surface area contributed by atoms with Gasteiger partial charge in [-0.15, -0.1) is 0 Å². The molecule has 0 amide bonds. The minimum Gasteiger partial charge on any atom is -0.497 e. The zero-order chi connectivity index (χ0) is 29.0. The van der Waals surface area contributed by atoms with Crippen LogP contribution < -0.4 is 10.1 Å². The summed E-state index contributed by atoms with van der Waals surface area (Å²) >= 11 is 0. The number of rotatable bonds is 12. The minimum atomic E-state index is -4.64. The van der Waals surface area contributed by atoms with Crippen LogP contribution in [0.1, 0.15) is 44.9 Å². The van der Waals surface area contributed by atoms with E-state index in [1.54, 1.807) is 19.2 Å². The third kappa shape index (κ3) is 11.5. The normalized spacial score (nSPS) is 12.3. The van der Waals surface area contributed by atoms with Crippen molar-refractivity contribution >= 4 is 42.3 Å². The number of nitro groups is 1. The lowest BCUT2D eigenvalue weighted by atomic mass is 10.1. The summed E-state index contributed by atoms with van der Waals surface area (Å²) in [5.41, 5.74) is 3.67. The number of nitrogens with one attached hydrogen (secondary N) is 1. The number of aromatic nitrogens is 1. The molecule has 1 heterocycles. The van der Waals surface area contributed by atoms with Crippen LogP contribution in [0.15, 0.2) is 48.5 Å². The van der Waals surface area contributed by atoms with Crippen LogP contribution in [0.3, 0.4) is 0 Å². The number of methoxy groups -OCH3 is 1. The Labute approximate surface area is 228 Å². The van der Waals surface area contributed by atoms with Gasteiger partial charge in [-0.25, -0.2) is 9.55 Å². The van der Waals surface area contributed by atoms with E-state index in [4.69, 9.17) is 29.0 Å². The first-order valence-corrected chi connectivity index (χ1v) is 14.2. The number of nitrogens with zero attached hydrogens (tertiary/aromatic N) is 3. The number of hydrogen-bond acceptors (Lipinski definition) is 7. The zero-order valence-corrected chi connectivity index (χ0v) is 23.5. The summed E-state index contributed by atoms with van der Waals surface area (Å²) in [4.78, 5) is 39.3. The van der Waals surface area contributed by atoms with Crippen molar-refractivity contribution in [2.75, 3.05) is 32.1 Å². The highest BCUT2D eigenvalue weighted by Gasteiger charge is 2.11. The van der Waals surface area contributed by atoms with E-state index in [0.717, 1.165) is 66.1 Å². The summed E-state index contributed by atoms with van der Waals surface area (Å²) in [6.45, 7) is 9.88. The second kappa shape index (κ2) is 15.3. The molecule has 0 saturated carbocycles. The molecular weight excluding hydrogens is 523 g/mol. The molecule has 3 rings (SSSR count). The highest BCUT2D eigenvalue weighted by Crippen LogP contribution is 2.29. The molecular formula is C27H37N4O7P. The van der Waals surface area contributed by atoms with E-state index < -0.39 is 12.7 Å². The molecule has 2 aromatic carbocycles. The average molecular weight is 561 g/mol. The molecule has 1 atom stereocenters. The molecule has 3 aromatic rings. The Morgan fingerprint density at radius 2 is 1.74 bits per heavy atom. The fraction of sp³-hybridized carbons (Fsp3) is 0.370. The van der Waals surface area contributed by atoms with Gasteiger partial charge in [-0.2, -0.15) is 0 Å². The van der Waals surface area contributed by atoms with E-state index >= 15 is 0 Å². The fourth-order valence-electron chi connectivity index (χ4n) is 3.94. The van der Waals surface area contributed by atoms with Gasteiger partial charge in [0.25, 0.3) is 5.69 Å². The molecule has 1 aromatic heterocycles. The number of benzene rings is 2. The van der Waals surface area contributed by atoms with E-state index in [0.29, 0.717) is 6.04 Å². The van der Waals surface area contributed by atoms with Crippen molar-refractivity contribution in [1.29, 1.82) is 0 Å². The second-order valence-corrected chi connectivity index (χ2v) is 9.91. The van der Waals surface area contributed by atoms with Crippen molar-refractivity contribution in [2.24, 2.45) is 0 Å². The van der Waals surface area contributed by atoms with Gasteiger partial charge >= 0.3 is 7.82 Å². The number of anilines is 1. The van der Waals surface area contributed by atoms with Gasteiger partial charge in [0.05, 0.1) is 23.2 Å². The van der Waals surface area contributed by atoms with Crippen LogP contribution in [0.4, 0.5) is 11.4 Å². The molecule has 0 radical (unpaired) electrons. The first kappa shape index (κ1) is 31.9. The quantitative estimate of drug-likeness (QED) is 0.130. The Balaban J connectivity index is 0.000000976. The summed E-state index contributed by atoms with van der Waals surface area (Å²) in [5.74, 6) is 0.792. The van der Waals surface area contributed by atoms with Crippen molar-refractivity contribution in [2.45, 2.75) is 39.7 Å². The Morgan fingerprint density at radius 1 is 1.10 bits per heavy atom. The maximum absolute atomic E-state index is 10.9. The van der Waals surface area contributed by atoms with E-state index in [9.17, 15) is 10.1 Å². The molecule has 11 nitrogen and oxygen atoms in total. The number of nitro benzene ring substituents is 1. The lowest BCUT2D eigenvalue weighted by Gasteiger charge is -2.21. The Bertz CT molecular complexity index is 1280. The van der Waals surface area contributed by atoms with Gasteiger partial charge in [-0.05, 0) is 87.4 Å². The molecule has 0 fully saturated rings. The maximum atomic E-state index is 10.9. The number of pyridine rings is 1. The number of phosphoric acid groups is 1. The first-order chi connectivity index (χ1) is 18.4. The highest BCUT2D eigenvalue weighted by atomic mass is 31.2. The van der Waals surface area contributed by atoms with Crippen LogP contribution in [0.5, 0.6) is 5.75 Å². The SMILES string of the molecule is CCN(CC)CCCC(C)Nc1cc(C=Cc2ccc([N+](=O)[O-])cc2)nc2ccc(OC)cc12.O=P(O)(O)O. The third-order valence-corrected chi connectivity index (χ3v) is 5.99. The summed E-state index contributed by atoms with van der Waals surface area (Å²) in [5, 5.41) is 15.6. The van der Waals surface area contributed by atoms with Crippen LogP contribution >= 0.6 is 7.82 Å². The predicted octanol–water partition coefficient (Wildman–Crippen LogP) is 5.32. The average Bonchev–Trinajstić information content (AvgIpc) is 2.89. The maximum Gasteiger partial charge on any atom is 0.466 e. The molecule has 0 aliphatic carbocycles. The number of non-ortho nitro benzene ring substituents is 1. The summed E-state index contributed by atoms with van der Waals surface area (Å²) in [6.07, 6.45) is 6.05. The molecule has 0 aliphatic rings. The van der Waals surface area contributed by atoms with E-state index in [2.05, 4.69) is 31.0 Å². The topological polar surface area (TPSA) is 158 Å². The van der Waals surface area contributed by atoms with Crippen LogP contribution in [0.25, 0.3) is 23.1 Å². The second-order valence-electron chi connectivity index (χ2n) is 8.89. The van der Waals surface area contributed by atoms with Crippen LogP contribution in [0, 0.1) is 10.1 Å².